The van der Waals surface area contributed by atoms with E-state index < -0.39 is 30.1 Å². The molecule has 0 aromatic carbocycles. The molecular weight excluding hydrogens is 432 g/mol. The van der Waals surface area contributed by atoms with Crippen LogP contribution in [-0.4, -0.2) is 89.9 Å². The Bertz CT molecular complexity index is 459. The topological polar surface area (TPSA) is 151 Å². The first-order chi connectivity index (χ1) is 14.2. The van der Waals surface area contributed by atoms with Gasteiger partial charge in [-0.1, -0.05) is 35.4 Å². The standard InChI is InChI=1S/C19H38N2O7S2/c1-14(2)12-27-7-3-4-8-28-13-15(22)11-21-17(19(25)26)6-10-30-29-9-5-16(20)18(23)24/h14-17,21-22H,3-13,20H2,1-2H3,(H,23,24)(H,25,26). The predicted molar refractivity (Wildman–Crippen MR) is 121 cm³/mol. The minimum absolute atomic E-state index is 0.139. The van der Waals surface area contributed by atoms with E-state index in [2.05, 4.69) is 19.2 Å². The van der Waals surface area contributed by atoms with E-state index in [4.69, 9.17) is 20.3 Å². The van der Waals surface area contributed by atoms with Gasteiger partial charge in [0.05, 0.1) is 12.7 Å². The van der Waals surface area contributed by atoms with E-state index >= 15 is 0 Å². The molecule has 0 rings (SSSR count). The number of aliphatic carboxylic acids is 2. The van der Waals surface area contributed by atoms with Gasteiger partial charge in [-0.2, -0.15) is 0 Å². The molecule has 11 heteroatoms. The monoisotopic (exact) mass is 470 g/mol. The Morgan fingerprint density at radius 3 is 2.07 bits per heavy atom. The number of nitrogens with two attached hydrogens (primary N) is 1. The lowest BCUT2D eigenvalue weighted by Gasteiger charge is -2.17. The molecule has 0 aromatic heterocycles. The highest BCUT2D eigenvalue weighted by atomic mass is 33.1. The first-order valence-corrected chi connectivity index (χ1v) is 12.7. The van der Waals surface area contributed by atoms with Crippen molar-refractivity contribution >= 4 is 33.5 Å². The van der Waals surface area contributed by atoms with Crippen molar-refractivity contribution in [3.05, 3.63) is 0 Å². The number of unbranched alkanes of at least 4 members (excludes halogenated alkanes) is 1. The molecule has 3 unspecified atom stereocenters. The smallest absolute Gasteiger partial charge is 0.320 e. The predicted octanol–water partition coefficient (Wildman–Crippen LogP) is 1.43. The molecule has 6 N–H and O–H groups in total. The normalized spacial score (nSPS) is 14.6. The van der Waals surface area contributed by atoms with Crippen molar-refractivity contribution in [2.45, 2.75) is 57.7 Å². The molecule has 0 aliphatic carbocycles. The first-order valence-electron chi connectivity index (χ1n) is 10.3. The van der Waals surface area contributed by atoms with Gasteiger partial charge >= 0.3 is 11.9 Å². The quantitative estimate of drug-likeness (QED) is 0.122. The highest BCUT2D eigenvalue weighted by Gasteiger charge is 2.18. The van der Waals surface area contributed by atoms with Crippen molar-refractivity contribution in [3.63, 3.8) is 0 Å². The number of carboxylic acid groups (broad SMARTS) is 2. The summed E-state index contributed by atoms with van der Waals surface area (Å²) in [5, 5.41) is 30.8. The highest BCUT2D eigenvalue weighted by molar-refractivity contribution is 8.76. The van der Waals surface area contributed by atoms with Crippen molar-refractivity contribution in [1.82, 2.24) is 5.32 Å². The number of hydrogen-bond acceptors (Lipinski definition) is 9. The number of ether oxygens (including phenoxy) is 2. The average molecular weight is 471 g/mol. The molecule has 0 saturated heterocycles. The number of nitrogens with one attached hydrogen (secondary N) is 1. The van der Waals surface area contributed by atoms with Crippen molar-refractivity contribution in [1.29, 1.82) is 0 Å². The van der Waals surface area contributed by atoms with Crippen LogP contribution in [0.5, 0.6) is 0 Å². The van der Waals surface area contributed by atoms with E-state index in [1.54, 1.807) is 0 Å². The lowest BCUT2D eigenvalue weighted by atomic mass is 10.2. The van der Waals surface area contributed by atoms with Crippen LogP contribution in [0.25, 0.3) is 0 Å². The van der Waals surface area contributed by atoms with Gasteiger partial charge in [-0.05, 0) is 31.6 Å². The summed E-state index contributed by atoms with van der Waals surface area (Å²) < 4.78 is 10.9. The number of carboxylic acids is 2. The summed E-state index contributed by atoms with van der Waals surface area (Å²) in [6.45, 7) is 6.49. The largest absolute Gasteiger partial charge is 0.480 e. The molecule has 0 aromatic rings. The van der Waals surface area contributed by atoms with Gasteiger partial charge in [0.15, 0.2) is 0 Å². The van der Waals surface area contributed by atoms with Gasteiger partial charge in [0.2, 0.25) is 0 Å². The zero-order valence-corrected chi connectivity index (χ0v) is 19.6. The third-order valence-electron chi connectivity index (χ3n) is 3.89. The van der Waals surface area contributed by atoms with Gasteiger partial charge in [-0.3, -0.25) is 9.59 Å². The molecule has 0 aliphatic heterocycles. The number of hydrogen-bond donors (Lipinski definition) is 5. The number of rotatable bonds is 21. The van der Waals surface area contributed by atoms with Gasteiger partial charge < -0.3 is 35.8 Å². The van der Waals surface area contributed by atoms with Gasteiger partial charge in [0.1, 0.15) is 12.1 Å². The van der Waals surface area contributed by atoms with Crippen LogP contribution >= 0.6 is 21.6 Å². The summed E-state index contributed by atoms with van der Waals surface area (Å²) in [5.74, 6) is -0.290. The molecule has 0 saturated carbocycles. The molecule has 30 heavy (non-hydrogen) atoms. The highest BCUT2D eigenvalue weighted by Crippen LogP contribution is 2.23. The molecule has 178 valence electrons. The summed E-state index contributed by atoms with van der Waals surface area (Å²) in [5.41, 5.74) is 5.42. The minimum atomic E-state index is -1.02. The average Bonchev–Trinajstić information content (AvgIpc) is 2.67. The first kappa shape index (κ1) is 29.4. The SMILES string of the molecule is CC(C)COCCCCOCC(O)CNC(CCSSCCC(N)C(=O)O)C(=O)O. The second-order valence-corrected chi connectivity index (χ2v) is 10.1. The summed E-state index contributed by atoms with van der Waals surface area (Å²) in [7, 11) is 2.95. The molecule has 3 atom stereocenters. The Morgan fingerprint density at radius 1 is 0.967 bits per heavy atom. The molecular formula is C19H38N2O7S2. The molecule has 0 radical (unpaired) electrons. The molecule has 0 heterocycles. The molecule has 0 amide bonds. The summed E-state index contributed by atoms with van der Waals surface area (Å²) in [4.78, 5) is 22.0. The third-order valence-corrected chi connectivity index (χ3v) is 6.36. The van der Waals surface area contributed by atoms with Crippen molar-refractivity contribution < 1.29 is 34.4 Å². The van der Waals surface area contributed by atoms with Crippen LogP contribution in [0.15, 0.2) is 0 Å². The van der Waals surface area contributed by atoms with E-state index in [1.165, 1.54) is 21.6 Å². The van der Waals surface area contributed by atoms with Crippen LogP contribution < -0.4 is 11.1 Å². The van der Waals surface area contributed by atoms with Gasteiger partial charge in [-0.15, -0.1) is 0 Å². The van der Waals surface area contributed by atoms with Crippen LogP contribution in [0.4, 0.5) is 0 Å². The number of carbonyl (C=O) groups is 2. The zero-order valence-electron chi connectivity index (χ0n) is 18.0. The Labute approximate surface area is 187 Å². The second-order valence-electron chi connectivity index (χ2n) is 7.37. The van der Waals surface area contributed by atoms with Crippen LogP contribution in [0.1, 0.15) is 39.5 Å². The van der Waals surface area contributed by atoms with Crippen LogP contribution in [0, 0.1) is 5.92 Å². The lowest BCUT2D eigenvalue weighted by Crippen LogP contribution is -2.42. The molecule has 0 fully saturated rings. The number of aliphatic hydroxyl groups is 1. The van der Waals surface area contributed by atoms with Crippen molar-refractivity contribution in [2.75, 3.05) is 44.5 Å². The van der Waals surface area contributed by atoms with Crippen LogP contribution in [0.3, 0.4) is 0 Å². The fourth-order valence-electron chi connectivity index (χ4n) is 2.18. The van der Waals surface area contributed by atoms with Gasteiger partial charge in [0, 0.05) is 37.9 Å². The van der Waals surface area contributed by atoms with Crippen molar-refractivity contribution in [3.8, 4) is 0 Å². The lowest BCUT2D eigenvalue weighted by molar-refractivity contribution is -0.140. The van der Waals surface area contributed by atoms with E-state index in [-0.39, 0.29) is 13.2 Å². The summed E-state index contributed by atoms with van der Waals surface area (Å²) in [6, 6.07) is -1.62. The van der Waals surface area contributed by atoms with Gasteiger partial charge in [0.25, 0.3) is 0 Å². The van der Waals surface area contributed by atoms with E-state index in [0.29, 0.717) is 43.5 Å². The van der Waals surface area contributed by atoms with Crippen molar-refractivity contribution in [2.24, 2.45) is 11.7 Å². The molecule has 9 nitrogen and oxygen atoms in total. The zero-order chi connectivity index (χ0) is 22.8. The van der Waals surface area contributed by atoms with Crippen LogP contribution in [-0.2, 0) is 19.1 Å². The molecule has 0 aliphatic rings. The maximum Gasteiger partial charge on any atom is 0.320 e. The maximum absolute atomic E-state index is 11.3. The fourth-order valence-corrected chi connectivity index (χ4v) is 4.38. The fraction of sp³-hybridized carbons (Fsp3) is 0.895. The van der Waals surface area contributed by atoms with Crippen LogP contribution in [0.2, 0.25) is 0 Å². The molecule has 0 spiro atoms. The minimum Gasteiger partial charge on any atom is -0.480 e. The summed E-state index contributed by atoms with van der Waals surface area (Å²) >= 11 is 0. The Hall–Kier alpha value is -0.560. The van der Waals surface area contributed by atoms with Gasteiger partial charge in [-0.25, -0.2) is 0 Å². The Kier molecular flexibility index (Phi) is 18.8. The second kappa shape index (κ2) is 19.1. The number of aliphatic hydroxyl groups excluding tert-OH is 1. The third kappa shape index (κ3) is 18.2. The molecule has 0 bridgehead atoms. The Morgan fingerprint density at radius 2 is 1.53 bits per heavy atom. The van der Waals surface area contributed by atoms with E-state index in [9.17, 15) is 19.8 Å². The summed E-state index contributed by atoms with van der Waals surface area (Å²) in [6.07, 6.45) is 1.73. The van der Waals surface area contributed by atoms with E-state index in [1.807, 2.05) is 0 Å². The van der Waals surface area contributed by atoms with E-state index in [0.717, 1.165) is 19.4 Å². The maximum atomic E-state index is 11.3. The Balaban J connectivity index is 3.73.